The average molecular weight is 374 g/mol. The van der Waals surface area contributed by atoms with Crippen LogP contribution >= 0.6 is 0 Å². The summed E-state index contributed by atoms with van der Waals surface area (Å²) >= 11 is 0. The van der Waals surface area contributed by atoms with E-state index in [-0.39, 0.29) is 11.8 Å². The van der Waals surface area contributed by atoms with Crippen molar-refractivity contribution in [1.29, 1.82) is 0 Å². The van der Waals surface area contributed by atoms with Crippen LogP contribution in [0, 0.1) is 0 Å². The van der Waals surface area contributed by atoms with Crippen molar-refractivity contribution in [2.24, 2.45) is 0 Å². The first kappa shape index (κ1) is 17.9. The summed E-state index contributed by atoms with van der Waals surface area (Å²) < 4.78 is 2.00. The third kappa shape index (κ3) is 4.06. The van der Waals surface area contributed by atoms with E-state index in [0.29, 0.717) is 25.2 Å². The van der Waals surface area contributed by atoms with E-state index in [1.54, 1.807) is 0 Å². The molecule has 2 N–H and O–H groups in total. The highest BCUT2D eigenvalue weighted by Gasteiger charge is 2.16. The van der Waals surface area contributed by atoms with Gasteiger partial charge < -0.3 is 20.1 Å². The molecule has 6 nitrogen and oxygen atoms in total. The summed E-state index contributed by atoms with van der Waals surface area (Å²) in [7, 11) is 0. The number of hydrogen-bond donors (Lipinski definition) is 2. The number of carbonyl (C=O) groups excluding carboxylic acids is 2. The first-order valence-corrected chi connectivity index (χ1v) is 9.31. The number of piperazine rings is 1. The number of carbonyl (C=O) groups is 2. The molecule has 0 bridgehead atoms. The predicted octanol–water partition coefficient (Wildman–Crippen LogP) is 2.34. The summed E-state index contributed by atoms with van der Waals surface area (Å²) in [6.45, 7) is 2.31. The minimum Gasteiger partial charge on any atom is -0.360 e. The van der Waals surface area contributed by atoms with E-state index in [9.17, 15) is 9.59 Å². The standard InChI is InChI=1S/C22H22N4O2/c27-21-16-26(14-11-23-21)20-7-3-17(4-8-20)15-24-22(28)18-5-9-19(10-6-18)25-12-1-2-13-25/h1-10,12-13H,11,14-16H2,(H,23,27)(H,24,28). The highest BCUT2D eigenvalue weighted by molar-refractivity contribution is 5.94. The first-order valence-electron chi connectivity index (χ1n) is 9.31. The average Bonchev–Trinajstić information content (AvgIpc) is 3.27. The van der Waals surface area contributed by atoms with Gasteiger partial charge in [0.2, 0.25) is 5.91 Å². The van der Waals surface area contributed by atoms with Crippen LogP contribution in [0.5, 0.6) is 0 Å². The molecular formula is C22H22N4O2. The van der Waals surface area contributed by atoms with Gasteiger partial charge in [0.1, 0.15) is 0 Å². The zero-order chi connectivity index (χ0) is 19.3. The zero-order valence-electron chi connectivity index (χ0n) is 15.5. The maximum Gasteiger partial charge on any atom is 0.251 e. The van der Waals surface area contributed by atoms with E-state index < -0.39 is 0 Å². The van der Waals surface area contributed by atoms with Crippen molar-refractivity contribution >= 4 is 17.5 Å². The number of anilines is 1. The number of hydrogen-bond acceptors (Lipinski definition) is 3. The second-order valence-corrected chi connectivity index (χ2v) is 6.76. The van der Waals surface area contributed by atoms with Crippen molar-refractivity contribution in [1.82, 2.24) is 15.2 Å². The monoisotopic (exact) mass is 374 g/mol. The molecule has 142 valence electrons. The van der Waals surface area contributed by atoms with E-state index in [1.165, 1.54) is 0 Å². The molecule has 4 rings (SSSR count). The summed E-state index contributed by atoms with van der Waals surface area (Å²) in [4.78, 5) is 26.0. The Kier molecular flexibility index (Phi) is 5.10. The Morgan fingerprint density at radius 2 is 1.64 bits per heavy atom. The number of nitrogens with zero attached hydrogens (tertiary/aromatic N) is 2. The van der Waals surface area contributed by atoms with Gasteiger partial charge in [0.05, 0.1) is 6.54 Å². The van der Waals surface area contributed by atoms with Gasteiger partial charge in [-0.05, 0) is 54.1 Å². The van der Waals surface area contributed by atoms with Gasteiger partial charge in [0.15, 0.2) is 0 Å². The smallest absolute Gasteiger partial charge is 0.251 e. The Morgan fingerprint density at radius 3 is 2.32 bits per heavy atom. The van der Waals surface area contributed by atoms with Crippen LogP contribution < -0.4 is 15.5 Å². The van der Waals surface area contributed by atoms with Gasteiger partial charge in [-0.25, -0.2) is 0 Å². The van der Waals surface area contributed by atoms with E-state index in [0.717, 1.165) is 23.5 Å². The van der Waals surface area contributed by atoms with Crippen molar-refractivity contribution in [3.05, 3.63) is 84.2 Å². The Morgan fingerprint density at radius 1 is 0.964 bits per heavy atom. The van der Waals surface area contributed by atoms with E-state index in [1.807, 2.05) is 82.5 Å². The lowest BCUT2D eigenvalue weighted by molar-refractivity contribution is -0.120. The number of rotatable bonds is 5. The number of aromatic nitrogens is 1. The Labute approximate surface area is 163 Å². The molecule has 0 unspecified atom stereocenters. The maximum absolute atomic E-state index is 12.4. The molecule has 1 aromatic heterocycles. The summed E-state index contributed by atoms with van der Waals surface area (Å²) in [5, 5.41) is 5.78. The van der Waals surface area contributed by atoms with Crippen molar-refractivity contribution in [3.63, 3.8) is 0 Å². The van der Waals surface area contributed by atoms with Gasteiger partial charge in [-0.1, -0.05) is 12.1 Å². The largest absolute Gasteiger partial charge is 0.360 e. The Hall–Kier alpha value is -3.54. The molecule has 0 atom stereocenters. The molecule has 1 saturated heterocycles. The van der Waals surface area contributed by atoms with Gasteiger partial charge in [0, 0.05) is 49.0 Å². The van der Waals surface area contributed by atoms with Crippen LogP contribution in [-0.2, 0) is 11.3 Å². The minimum atomic E-state index is -0.101. The molecule has 0 aliphatic carbocycles. The maximum atomic E-state index is 12.4. The van der Waals surface area contributed by atoms with Gasteiger partial charge in [0.25, 0.3) is 5.91 Å². The molecule has 0 spiro atoms. The summed E-state index contributed by atoms with van der Waals surface area (Å²) in [6.07, 6.45) is 3.93. The lowest BCUT2D eigenvalue weighted by Gasteiger charge is -2.28. The van der Waals surface area contributed by atoms with Crippen LogP contribution in [0.15, 0.2) is 73.1 Å². The van der Waals surface area contributed by atoms with Crippen LogP contribution in [0.3, 0.4) is 0 Å². The molecule has 1 aliphatic heterocycles. The molecule has 1 aliphatic rings. The van der Waals surface area contributed by atoms with Crippen molar-refractivity contribution in [2.45, 2.75) is 6.54 Å². The van der Waals surface area contributed by atoms with Crippen LogP contribution in [0.4, 0.5) is 5.69 Å². The SMILES string of the molecule is O=C1CN(c2ccc(CNC(=O)c3ccc(-n4cccc4)cc3)cc2)CCN1. The molecule has 0 radical (unpaired) electrons. The van der Waals surface area contributed by atoms with E-state index in [2.05, 4.69) is 10.6 Å². The van der Waals surface area contributed by atoms with Crippen molar-refractivity contribution in [2.75, 3.05) is 24.5 Å². The van der Waals surface area contributed by atoms with E-state index >= 15 is 0 Å². The minimum absolute atomic E-state index is 0.0467. The van der Waals surface area contributed by atoms with Crippen molar-refractivity contribution in [3.8, 4) is 5.69 Å². The Bertz CT molecular complexity index is 947. The van der Waals surface area contributed by atoms with E-state index in [4.69, 9.17) is 0 Å². The van der Waals surface area contributed by atoms with Crippen molar-refractivity contribution < 1.29 is 9.59 Å². The van der Waals surface area contributed by atoms with Crippen LogP contribution in [0.1, 0.15) is 15.9 Å². The number of benzene rings is 2. The van der Waals surface area contributed by atoms with Crippen LogP contribution in [0.2, 0.25) is 0 Å². The van der Waals surface area contributed by atoms with Gasteiger partial charge in [-0.15, -0.1) is 0 Å². The predicted molar refractivity (Wildman–Crippen MR) is 109 cm³/mol. The van der Waals surface area contributed by atoms with Gasteiger partial charge >= 0.3 is 0 Å². The molecule has 28 heavy (non-hydrogen) atoms. The fourth-order valence-corrected chi connectivity index (χ4v) is 3.26. The second-order valence-electron chi connectivity index (χ2n) is 6.76. The molecule has 2 aromatic carbocycles. The van der Waals surface area contributed by atoms with Gasteiger partial charge in [-0.3, -0.25) is 9.59 Å². The highest BCUT2D eigenvalue weighted by Crippen LogP contribution is 2.16. The molecule has 1 fully saturated rings. The molecule has 2 heterocycles. The highest BCUT2D eigenvalue weighted by atomic mass is 16.2. The molecule has 2 amide bonds. The Balaban J connectivity index is 1.33. The molecule has 3 aromatic rings. The van der Waals surface area contributed by atoms with Crippen LogP contribution in [-0.4, -0.2) is 36.0 Å². The third-order valence-corrected chi connectivity index (χ3v) is 4.82. The molecule has 0 saturated carbocycles. The summed E-state index contributed by atoms with van der Waals surface area (Å²) in [5.41, 5.74) is 3.68. The topological polar surface area (TPSA) is 66.4 Å². The van der Waals surface area contributed by atoms with Gasteiger partial charge in [-0.2, -0.15) is 0 Å². The quantitative estimate of drug-likeness (QED) is 0.720. The lowest BCUT2D eigenvalue weighted by atomic mass is 10.1. The fraction of sp³-hybridized carbons (Fsp3) is 0.182. The lowest BCUT2D eigenvalue weighted by Crippen LogP contribution is -2.47. The third-order valence-electron chi connectivity index (χ3n) is 4.82. The first-order chi connectivity index (χ1) is 13.7. The second kappa shape index (κ2) is 8.00. The molecular weight excluding hydrogens is 352 g/mol. The molecule has 6 heteroatoms. The fourth-order valence-electron chi connectivity index (χ4n) is 3.26. The normalized spacial score (nSPS) is 13.9. The summed E-state index contributed by atoms with van der Waals surface area (Å²) in [6, 6.07) is 19.4. The van der Waals surface area contributed by atoms with Crippen LogP contribution in [0.25, 0.3) is 5.69 Å². The number of amides is 2. The summed E-state index contributed by atoms with van der Waals surface area (Å²) in [5.74, 6) is -0.0544. The number of nitrogens with one attached hydrogen (secondary N) is 2. The zero-order valence-corrected chi connectivity index (χ0v) is 15.5.